The van der Waals surface area contributed by atoms with Crippen LogP contribution < -0.4 is 15.2 Å². The molecule has 1 fully saturated rings. The third-order valence-corrected chi connectivity index (χ3v) is 3.64. The number of rotatable bonds is 2. The van der Waals surface area contributed by atoms with Gasteiger partial charge in [-0.3, -0.25) is 0 Å². The van der Waals surface area contributed by atoms with Crippen molar-refractivity contribution in [3.05, 3.63) is 23.8 Å². The van der Waals surface area contributed by atoms with E-state index in [4.69, 9.17) is 15.2 Å². The minimum absolute atomic E-state index is 0.254. The SMILES string of the molecule is NCCc1ccc2c(c1)OC1CCCCC1O2. The van der Waals surface area contributed by atoms with Crippen LogP contribution in [0.3, 0.4) is 0 Å². The zero-order valence-electron chi connectivity index (χ0n) is 10.0. The molecule has 0 spiro atoms. The van der Waals surface area contributed by atoms with E-state index >= 15 is 0 Å². The Hall–Kier alpha value is -1.22. The number of benzene rings is 1. The second-order valence-electron chi connectivity index (χ2n) is 4.92. The molecule has 1 saturated carbocycles. The molecule has 92 valence electrons. The van der Waals surface area contributed by atoms with Crippen LogP contribution in [0.1, 0.15) is 31.2 Å². The van der Waals surface area contributed by atoms with E-state index < -0.39 is 0 Å². The lowest BCUT2D eigenvalue weighted by atomic mass is 9.93. The summed E-state index contributed by atoms with van der Waals surface area (Å²) in [6.07, 6.45) is 6.15. The van der Waals surface area contributed by atoms with Crippen molar-refractivity contribution >= 4 is 0 Å². The predicted molar refractivity (Wildman–Crippen MR) is 66.5 cm³/mol. The van der Waals surface area contributed by atoms with Gasteiger partial charge in [0.1, 0.15) is 12.2 Å². The van der Waals surface area contributed by atoms with Crippen LogP contribution in [0.5, 0.6) is 11.5 Å². The number of ether oxygens (including phenoxy) is 2. The normalized spacial score (nSPS) is 26.4. The van der Waals surface area contributed by atoms with Crippen molar-refractivity contribution in [1.82, 2.24) is 0 Å². The second-order valence-corrected chi connectivity index (χ2v) is 4.92. The molecular formula is C14H19NO2. The molecule has 3 nitrogen and oxygen atoms in total. The summed E-state index contributed by atoms with van der Waals surface area (Å²) in [5.74, 6) is 1.80. The monoisotopic (exact) mass is 233 g/mol. The predicted octanol–water partition coefficient (Wildman–Crippen LogP) is 2.27. The first-order valence-corrected chi connectivity index (χ1v) is 6.53. The van der Waals surface area contributed by atoms with Gasteiger partial charge in [0.05, 0.1) is 0 Å². The lowest BCUT2D eigenvalue weighted by molar-refractivity contribution is -0.00609. The molecule has 2 atom stereocenters. The molecule has 0 bridgehead atoms. The fourth-order valence-corrected chi connectivity index (χ4v) is 2.72. The van der Waals surface area contributed by atoms with E-state index in [1.807, 2.05) is 6.07 Å². The van der Waals surface area contributed by atoms with Crippen LogP contribution in [0, 0.1) is 0 Å². The third-order valence-electron chi connectivity index (χ3n) is 3.64. The van der Waals surface area contributed by atoms with Gasteiger partial charge in [-0.15, -0.1) is 0 Å². The maximum atomic E-state index is 6.06. The summed E-state index contributed by atoms with van der Waals surface area (Å²) in [5, 5.41) is 0. The molecule has 0 radical (unpaired) electrons. The van der Waals surface area contributed by atoms with E-state index in [9.17, 15) is 0 Å². The summed E-state index contributed by atoms with van der Waals surface area (Å²) in [7, 11) is 0. The Bertz CT molecular complexity index is 405. The first kappa shape index (κ1) is 10.9. The van der Waals surface area contributed by atoms with Crippen LogP contribution in [-0.2, 0) is 6.42 Å². The van der Waals surface area contributed by atoms with Gasteiger partial charge in [0.2, 0.25) is 0 Å². The van der Waals surface area contributed by atoms with Crippen molar-refractivity contribution in [2.24, 2.45) is 5.73 Å². The van der Waals surface area contributed by atoms with Gasteiger partial charge in [0.15, 0.2) is 11.5 Å². The molecule has 1 aliphatic carbocycles. The van der Waals surface area contributed by atoms with Crippen LogP contribution in [0.2, 0.25) is 0 Å². The second kappa shape index (κ2) is 4.57. The topological polar surface area (TPSA) is 44.5 Å². The third kappa shape index (κ3) is 2.12. The minimum atomic E-state index is 0.254. The molecule has 0 amide bonds. The Morgan fingerprint density at radius 3 is 2.47 bits per heavy atom. The Morgan fingerprint density at radius 2 is 1.76 bits per heavy atom. The Balaban J connectivity index is 1.84. The van der Waals surface area contributed by atoms with Crippen molar-refractivity contribution in [1.29, 1.82) is 0 Å². The van der Waals surface area contributed by atoms with E-state index in [2.05, 4.69) is 12.1 Å². The van der Waals surface area contributed by atoms with Crippen molar-refractivity contribution in [2.75, 3.05) is 6.54 Å². The Kier molecular flexibility index (Phi) is 2.93. The molecule has 3 heteroatoms. The minimum Gasteiger partial charge on any atom is -0.483 e. The van der Waals surface area contributed by atoms with Crippen LogP contribution in [0.4, 0.5) is 0 Å². The van der Waals surface area contributed by atoms with Gasteiger partial charge in [-0.05, 0) is 56.3 Å². The maximum Gasteiger partial charge on any atom is 0.162 e. The number of nitrogens with two attached hydrogens (primary N) is 1. The first-order chi connectivity index (χ1) is 8.36. The summed E-state index contributed by atoms with van der Waals surface area (Å²) in [6.45, 7) is 0.672. The molecule has 3 rings (SSSR count). The molecule has 2 aliphatic rings. The van der Waals surface area contributed by atoms with Crippen LogP contribution in [0.15, 0.2) is 18.2 Å². The quantitative estimate of drug-likeness (QED) is 0.852. The van der Waals surface area contributed by atoms with Gasteiger partial charge in [-0.1, -0.05) is 6.07 Å². The van der Waals surface area contributed by atoms with Crippen LogP contribution in [0.25, 0.3) is 0 Å². The molecule has 1 aromatic rings. The van der Waals surface area contributed by atoms with E-state index in [1.54, 1.807) is 0 Å². The highest BCUT2D eigenvalue weighted by Crippen LogP contribution is 2.38. The maximum absolute atomic E-state index is 6.06. The molecule has 1 heterocycles. The lowest BCUT2D eigenvalue weighted by Gasteiger charge is -2.37. The molecule has 2 unspecified atom stereocenters. The van der Waals surface area contributed by atoms with Gasteiger partial charge in [0, 0.05) is 0 Å². The first-order valence-electron chi connectivity index (χ1n) is 6.53. The fraction of sp³-hybridized carbons (Fsp3) is 0.571. The van der Waals surface area contributed by atoms with E-state index in [0.717, 1.165) is 30.8 Å². The van der Waals surface area contributed by atoms with E-state index in [0.29, 0.717) is 6.54 Å². The molecular weight excluding hydrogens is 214 g/mol. The summed E-state index contributed by atoms with van der Waals surface area (Å²) in [6, 6.07) is 6.18. The van der Waals surface area contributed by atoms with Crippen molar-refractivity contribution in [2.45, 2.75) is 44.3 Å². The Labute approximate surface area is 102 Å². The molecule has 2 N–H and O–H groups in total. The highest BCUT2D eigenvalue weighted by molar-refractivity contribution is 5.44. The van der Waals surface area contributed by atoms with Gasteiger partial charge in [-0.2, -0.15) is 0 Å². The molecule has 0 saturated heterocycles. The summed E-state index contributed by atoms with van der Waals surface area (Å²) < 4.78 is 12.1. The molecule has 0 aromatic heterocycles. The number of fused-ring (bicyclic) bond motifs is 2. The highest BCUT2D eigenvalue weighted by Gasteiger charge is 2.33. The molecule has 17 heavy (non-hydrogen) atoms. The van der Waals surface area contributed by atoms with Crippen molar-refractivity contribution in [3.63, 3.8) is 0 Å². The van der Waals surface area contributed by atoms with Gasteiger partial charge >= 0.3 is 0 Å². The zero-order valence-corrected chi connectivity index (χ0v) is 10.0. The smallest absolute Gasteiger partial charge is 0.162 e. The number of hydrogen-bond acceptors (Lipinski definition) is 3. The average Bonchev–Trinajstić information content (AvgIpc) is 2.36. The van der Waals surface area contributed by atoms with Gasteiger partial charge in [0.25, 0.3) is 0 Å². The molecule has 1 aromatic carbocycles. The van der Waals surface area contributed by atoms with E-state index in [1.165, 1.54) is 18.4 Å². The van der Waals surface area contributed by atoms with Crippen molar-refractivity contribution in [3.8, 4) is 11.5 Å². The van der Waals surface area contributed by atoms with Gasteiger partial charge in [-0.25, -0.2) is 0 Å². The van der Waals surface area contributed by atoms with E-state index in [-0.39, 0.29) is 12.2 Å². The van der Waals surface area contributed by atoms with Crippen LogP contribution in [-0.4, -0.2) is 18.8 Å². The van der Waals surface area contributed by atoms with Gasteiger partial charge < -0.3 is 15.2 Å². The summed E-state index contributed by atoms with van der Waals surface area (Å²) in [4.78, 5) is 0. The Morgan fingerprint density at radius 1 is 1.06 bits per heavy atom. The van der Waals surface area contributed by atoms with Crippen LogP contribution >= 0.6 is 0 Å². The highest BCUT2D eigenvalue weighted by atomic mass is 16.6. The standard InChI is InChI=1S/C14H19NO2/c15-8-7-10-5-6-13-14(9-10)17-12-4-2-1-3-11(12)16-13/h5-6,9,11-12H,1-4,7-8,15H2. The molecule has 1 aliphatic heterocycles. The van der Waals surface area contributed by atoms with Crippen molar-refractivity contribution < 1.29 is 9.47 Å². The average molecular weight is 233 g/mol. The number of hydrogen-bond donors (Lipinski definition) is 1. The zero-order chi connectivity index (χ0) is 11.7. The summed E-state index contributed by atoms with van der Waals surface area (Å²) in [5.41, 5.74) is 6.80. The summed E-state index contributed by atoms with van der Waals surface area (Å²) >= 11 is 0. The lowest BCUT2D eigenvalue weighted by Crippen LogP contribution is -2.41. The largest absolute Gasteiger partial charge is 0.483 e. The fourth-order valence-electron chi connectivity index (χ4n) is 2.72.